The molecule has 1 aliphatic heterocycles. The highest BCUT2D eigenvalue weighted by atomic mass is 16.4. The molecule has 2 atom stereocenters. The second-order valence-corrected chi connectivity index (χ2v) is 5.49. The number of carboxylic acid groups (broad SMARTS) is 1. The fraction of sp³-hybridized carbons (Fsp3) is 0.294. The molecular weight excluding hydrogens is 264 g/mol. The van der Waals surface area contributed by atoms with Crippen molar-refractivity contribution >= 4 is 5.97 Å². The topological polar surface area (TPSA) is 53.4 Å². The molecule has 1 aromatic heterocycles. The summed E-state index contributed by atoms with van der Waals surface area (Å²) in [6.07, 6.45) is 1.73. The van der Waals surface area contributed by atoms with E-state index in [-0.39, 0.29) is 11.8 Å². The van der Waals surface area contributed by atoms with E-state index in [9.17, 15) is 9.90 Å². The van der Waals surface area contributed by atoms with Gasteiger partial charge in [-0.05, 0) is 17.7 Å². The summed E-state index contributed by atoms with van der Waals surface area (Å²) in [5.41, 5.74) is 2.09. The Hall–Kier alpha value is -2.20. The van der Waals surface area contributed by atoms with E-state index >= 15 is 0 Å². The van der Waals surface area contributed by atoms with Gasteiger partial charge < -0.3 is 5.11 Å². The number of nitrogens with zero attached hydrogens (tertiary/aromatic N) is 2. The first-order chi connectivity index (χ1) is 10.2. The first-order valence-corrected chi connectivity index (χ1v) is 7.14. The lowest BCUT2D eigenvalue weighted by Gasteiger charge is -2.15. The molecule has 4 heteroatoms. The lowest BCUT2D eigenvalue weighted by Crippen LogP contribution is -2.23. The maximum Gasteiger partial charge on any atom is 0.308 e. The van der Waals surface area contributed by atoms with Crippen molar-refractivity contribution in [2.45, 2.75) is 12.5 Å². The number of likely N-dealkylation sites (tertiary alicyclic amines) is 1. The Balaban J connectivity index is 1.77. The molecule has 0 amide bonds. The second-order valence-electron chi connectivity index (χ2n) is 5.49. The molecule has 0 spiro atoms. The monoisotopic (exact) mass is 282 g/mol. The van der Waals surface area contributed by atoms with Crippen molar-refractivity contribution in [1.82, 2.24) is 9.88 Å². The van der Waals surface area contributed by atoms with Gasteiger partial charge >= 0.3 is 5.97 Å². The average Bonchev–Trinajstić information content (AvgIpc) is 2.93. The molecule has 2 aromatic rings. The van der Waals surface area contributed by atoms with Crippen molar-refractivity contribution in [3.63, 3.8) is 0 Å². The van der Waals surface area contributed by atoms with Crippen LogP contribution in [-0.2, 0) is 11.3 Å². The van der Waals surface area contributed by atoms with Crippen LogP contribution in [0.15, 0.2) is 54.7 Å². The molecule has 4 nitrogen and oxygen atoms in total. The van der Waals surface area contributed by atoms with Gasteiger partial charge in [0, 0.05) is 37.4 Å². The maximum absolute atomic E-state index is 11.5. The van der Waals surface area contributed by atoms with E-state index < -0.39 is 5.97 Å². The smallest absolute Gasteiger partial charge is 0.308 e. The molecule has 2 heterocycles. The van der Waals surface area contributed by atoms with Crippen LogP contribution in [0.25, 0.3) is 0 Å². The molecule has 0 aliphatic carbocycles. The van der Waals surface area contributed by atoms with Crippen molar-refractivity contribution in [3.05, 3.63) is 66.0 Å². The Labute approximate surface area is 124 Å². The van der Waals surface area contributed by atoms with E-state index in [0.717, 1.165) is 18.8 Å². The van der Waals surface area contributed by atoms with Crippen LogP contribution in [0.5, 0.6) is 0 Å². The maximum atomic E-state index is 11.5. The Morgan fingerprint density at radius 1 is 1.14 bits per heavy atom. The highest BCUT2D eigenvalue weighted by Gasteiger charge is 2.39. The van der Waals surface area contributed by atoms with Crippen LogP contribution in [-0.4, -0.2) is 34.0 Å². The van der Waals surface area contributed by atoms with Crippen LogP contribution >= 0.6 is 0 Å². The van der Waals surface area contributed by atoms with E-state index in [4.69, 9.17) is 0 Å². The molecule has 21 heavy (non-hydrogen) atoms. The number of hydrogen-bond acceptors (Lipinski definition) is 3. The van der Waals surface area contributed by atoms with Gasteiger partial charge in [-0.25, -0.2) is 0 Å². The Kier molecular flexibility index (Phi) is 3.97. The van der Waals surface area contributed by atoms with Gasteiger partial charge in [-0.3, -0.25) is 14.7 Å². The van der Waals surface area contributed by atoms with Gasteiger partial charge in [-0.1, -0.05) is 36.4 Å². The number of aromatic nitrogens is 1. The van der Waals surface area contributed by atoms with E-state index in [0.29, 0.717) is 6.54 Å². The molecule has 108 valence electrons. The fourth-order valence-electron chi connectivity index (χ4n) is 3.00. The molecule has 0 radical (unpaired) electrons. The summed E-state index contributed by atoms with van der Waals surface area (Å²) in [6, 6.07) is 15.9. The quantitative estimate of drug-likeness (QED) is 0.935. The lowest BCUT2D eigenvalue weighted by molar-refractivity contribution is -0.141. The standard InChI is InChI=1S/C17H18N2O2/c20-17(21)15-12-19(10-13-6-2-1-3-7-13)11-14(15)16-8-4-5-9-18-16/h1-9,14-15H,10-12H2,(H,20,21)/t14-,15-/m0/s1. The molecule has 0 bridgehead atoms. The summed E-state index contributed by atoms with van der Waals surface area (Å²) in [7, 11) is 0. The summed E-state index contributed by atoms with van der Waals surface area (Å²) < 4.78 is 0. The van der Waals surface area contributed by atoms with Gasteiger partial charge in [0.2, 0.25) is 0 Å². The van der Waals surface area contributed by atoms with E-state index in [1.165, 1.54) is 5.56 Å². The zero-order valence-corrected chi connectivity index (χ0v) is 11.7. The third-order valence-corrected chi connectivity index (χ3v) is 4.03. The summed E-state index contributed by atoms with van der Waals surface area (Å²) in [6.45, 7) is 2.10. The summed E-state index contributed by atoms with van der Waals surface area (Å²) in [5.74, 6) is -1.16. The largest absolute Gasteiger partial charge is 0.481 e. The third kappa shape index (κ3) is 3.11. The molecule has 1 saturated heterocycles. The molecule has 0 saturated carbocycles. The number of carboxylic acids is 1. The van der Waals surface area contributed by atoms with Crippen LogP contribution in [0.1, 0.15) is 17.2 Å². The molecule has 3 rings (SSSR count). The SMILES string of the molecule is O=C(O)[C@H]1CN(Cc2ccccc2)C[C@@H]1c1ccccn1. The van der Waals surface area contributed by atoms with Crippen LogP contribution in [0.2, 0.25) is 0 Å². The first kappa shape index (κ1) is 13.8. The summed E-state index contributed by atoms with van der Waals surface area (Å²) >= 11 is 0. The number of pyridine rings is 1. The van der Waals surface area contributed by atoms with Crippen molar-refractivity contribution in [2.75, 3.05) is 13.1 Å². The minimum Gasteiger partial charge on any atom is -0.481 e. The second kappa shape index (κ2) is 6.06. The van der Waals surface area contributed by atoms with Gasteiger partial charge in [0.1, 0.15) is 0 Å². The Morgan fingerprint density at radius 3 is 2.57 bits per heavy atom. The van der Waals surface area contributed by atoms with Crippen molar-refractivity contribution in [3.8, 4) is 0 Å². The predicted octanol–water partition coefficient (Wildman–Crippen LogP) is 2.38. The zero-order valence-electron chi connectivity index (χ0n) is 11.7. The van der Waals surface area contributed by atoms with Crippen LogP contribution in [0.3, 0.4) is 0 Å². The van der Waals surface area contributed by atoms with Gasteiger partial charge in [-0.15, -0.1) is 0 Å². The number of aliphatic carboxylic acids is 1. The fourth-order valence-corrected chi connectivity index (χ4v) is 3.00. The highest BCUT2D eigenvalue weighted by Crippen LogP contribution is 2.32. The average molecular weight is 282 g/mol. The first-order valence-electron chi connectivity index (χ1n) is 7.14. The minimum absolute atomic E-state index is 0.0348. The number of benzene rings is 1. The Morgan fingerprint density at radius 2 is 1.90 bits per heavy atom. The van der Waals surface area contributed by atoms with Crippen molar-refractivity contribution < 1.29 is 9.90 Å². The van der Waals surface area contributed by atoms with Crippen molar-refractivity contribution in [2.24, 2.45) is 5.92 Å². The molecule has 1 aromatic carbocycles. The lowest BCUT2D eigenvalue weighted by atomic mass is 9.93. The number of rotatable bonds is 4. The molecule has 1 N–H and O–H groups in total. The van der Waals surface area contributed by atoms with Crippen LogP contribution in [0, 0.1) is 5.92 Å². The highest BCUT2D eigenvalue weighted by molar-refractivity contribution is 5.72. The van der Waals surface area contributed by atoms with E-state index in [1.807, 2.05) is 36.4 Å². The summed E-state index contributed by atoms with van der Waals surface area (Å²) in [5, 5.41) is 9.47. The Bertz CT molecular complexity index is 601. The molecule has 0 unspecified atom stereocenters. The van der Waals surface area contributed by atoms with E-state index in [2.05, 4.69) is 22.0 Å². The third-order valence-electron chi connectivity index (χ3n) is 4.03. The van der Waals surface area contributed by atoms with Gasteiger partial charge in [0.25, 0.3) is 0 Å². The number of carbonyl (C=O) groups is 1. The van der Waals surface area contributed by atoms with Gasteiger partial charge in [0.15, 0.2) is 0 Å². The zero-order chi connectivity index (χ0) is 14.7. The normalized spacial score (nSPS) is 22.3. The van der Waals surface area contributed by atoms with Gasteiger partial charge in [-0.2, -0.15) is 0 Å². The van der Waals surface area contributed by atoms with Crippen LogP contribution in [0.4, 0.5) is 0 Å². The van der Waals surface area contributed by atoms with Crippen LogP contribution < -0.4 is 0 Å². The van der Waals surface area contributed by atoms with Gasteiger partial charge in [0.05, 0.1) is 5.92 Å². The van der Waals surface area contributed by atoms with E-state index in [1.54, 1.807) is 6.20 Å². The molecule has 1 fully saturated rings. The number of hydrogen-bond donors (Lipinski definition) is 1. The van der Waals surface area contributed by atoms with Crippen molar-refractivity contribution in [1.29, 1.82) is 0 Å². The molecule has 1 aliphatic rings. The molecular formula is C17H18N2O2. The minimum atomic E-state index is -0.735. The predicted molar refractivity (Wildman–Crippen MR) is 79.8 cm³/mol. The summed E-state index contributed by atoms with van der Waals surface area (Å²) in [4.78, 5) is 18.1.